The summed E-state index contributed by atoms with van der Waals surface area (Å²) < 4.78 is 47.8. The first kappa shape index (κ1) is 20.9. The average Bonchev–Trinajstić information content (AvgIpc) is 3.17. The standard InChI is InChI=1S/C17H12F3N3O3.C2H6/c1-25-15(24)13-7-6-12(8-21-13)23-16-22-9-14(26-16)10-2-4-11(5-3-10)17(18,19)20;1-2/h2-9H,1H3,(H,22,23);1-2H3. The average molecular weight is 393 g/mol. The van der Waals surface area contributed by atoms with Crippen LogP contribution in [0.3, 0.4) is 0 Å². The number of esters is 1. The molecule has 0 saturated heterocycles. The molecule has 1 aromatic carbocycles. The highest BCUT2D eigenvalue weighted by atomic mass is 19.4. The van der Waals surface area contributed by atoms with Crippen molar-refractivity contribution in [3.63, 3.8) is 0 Å². The van der Waals surface area contributed by atoms with Crippen molar-refractivity contribution in [2.45, 2.75) is 20.0 Å². The number of hydrogen-bond acceptors (Lipinski definition) is 6. The maximum Gasteiger partial charge on any atom is 0.416 e. The molecule has 0 fully saturated rings. The van der Waals surface area contributed by atoms with Gasteiger partial charge >= 0.3 is 12.1 Å². The van der Waals surface area contributed by atoms with E-state index in [-0.39, 0.29) is 11.7 Å². The van der Waals surface area contributed by atoms with Gasteiger partial charge in [-0.25, -0.2) is 14.8 Å². The molecule has 6 nitrogen and oxygen atoms in total. The largest absolute Gasteiger partial charge is 0.464 e. The van der Waals surface area contributed by atoms with Crippen molar-refractivity contribution in [3.05, 3.63) is 60.0 Å². The van der Waals surface area contributed by atoms with Crippen LogP contribution in [0.4, 0.5) is 24.9 Å². The number of alkyl halides is 3. The van der Waals surface area contributed by atoms with E-state index in [2.05, 4.69) is 20.0 Å². The maximum atomic E-state index is 12.6. The van der Waals surface area contributed by atoms with Crippen LogP contribution in [-0.4, -0.2) is 23.0 Å². The zero-order chi connectivity index (χ0) is 20.7. The van der Waals surface area contributed by atoms with E-state index in [4.69, 9.17) is 4.42 Å². The van der Waals surface area contributed by atoms with Gasteiger partial charge in [-0.1, -0.05) is 26.0 Å². The van der Waals surface area contributed by atoms with E-state index in [1.165, 1.54) is 37.7 Å². The zero-order valence-corrected chi connectivity index (χ0v) is 15.4. The summed E-state index contributed by atoms with van der Waals surface area (Å²) in [7, 11) is 1.26. The quantitative estimate of drug-likeness (QED) is 0.605. The Morgan fingerprint density at radius 1 is 1.04 bits per heavy atom. The summed E-state index contributed by atoms with van der Waals surface area (Å²) in [5, 5.41) is 2.84. The minimum absolute atomic E-state index is 0.132. The number of nitrogens with one attached hydrogen (secondary N) is 1. The summed E-state index contributed by atoms with van der Waals surface area (Å²) in [5.41, 5.74) is 0.378. The maximum absolute atomic E-state index is 12.6. The lowest BCUT2D eigenvalue weighted by atomic mass is 10.1. The van der Waals surface area contributed by atoms with E-state index in [0.717, 1.165) is 12.1 Å². The Hall–Kier alpha value is -3.36. The number of rotatable bonds is 4. The molecule has 3 aromatic rings. The van der Waals surface area contributed by atoms with E-state index in [1.807, 2.05) is 13.8 Å². The van der Waals surface area contributed by atoms with Crippen molar-refractivity contribution < 1.29 is 27.1 Å². The van der Waals surface area contributed by atoms with Gasteiger partial charge in [-0.2, -0.15) is 13.2 Å². The predicted octanol–water partition coefficient (Wildman–Crippen LogP) is 5.31. The number of pyridine rings is 1. The van der Waals surface area contributed by atoms with Gasteiger partial charge in [0.25, 0.3) is 6.01 Å². The summed E-state index contributed by atoms with van der Waals surface area (Å²) in [6.07, 6.45) is -1.61. The van der Waals surface area contributed by atoms with Crippen LogP contribution < -0.4 is 5.32 Å². The van der Waals surface area contributed by atoms with Gasteiger partial charge in [-0.05, 0) is 24.3 Å². The number of anilines is 2. The lowest BCUT2D eigenvalue weighted by molar-refractivity contribution is -0.137. The minimum Gasteiger partial charge on any atom is -0.464 e. The van der Waals surface area contributed by atoms with Crippen molar-refractivity contribution >= 4 is 17.7 Å². The van der Waals surface area contributed by atoms with Crippen LogP contribution in [0.25, 0.3) is 11.3 Å². The molecule has 0 radical (unpaired) electrons. The number of oxazole rings is 1. The van der Waals surface area contributed by atoms with E-state index >= 15 is 0 Å². The number of hydrogen-bond donors (Lipinski definition) is 1. The fourth-order valence-electron chi connectivity index (χ4n) is 2.11. The van der Waals surface area contributed by atoms with E-state index < -0.39 is 17.7 Å². The second-order valence-corrected chi connectivity index (χ2v) is 5.15. The summed E-state index contributed by atoms with van der Waals surface area (Å²) in [6.45, 7) is 4.00. The van der Waals surface area contributed by atoms with Crippen LogP contribution in [0.1, 0.15) is 29.9 Å². The Bertz CT molecular complexity index is 905. The Morgan fingerprint density at radius 3 is 2.25 bits per heavy atom. The van der Waals surface area contributed by atoms with Gasteiger partial charge in [0, 0.05) is 5.56 Å². The molecule has 28 heavy (non-hydrogen) atoms. The number of halogens is 3. The van der Waals surface area contributed by atoms with E-state index in [9.17, 15) is 18.0 Å². The highest BCUT2D eigenvalue weighted by molar-refractivity contribution is 5.87. The van der Waals surface area contributed by atoms with Crippen molar-refractivity contribution in [1.29, 1.82) is 0 Å². The molecule has 0 amide bonds. The number of ether oxygens (including phenoxy) is 1. The van der Waals surface area contributed by atoms with Crippen LogP contribution in [0, 0.1) is 0 Å². The van der Waals surface area contributed by atoms with Crippen LogP contribution in [0.5, 0.6) is 0 Å². The predicted molar refractivity (Wildman–Crippen MR) is 97.1 cm³/mol. The third kappa shape index (κ3) is 5.09. The molecule has 2 aromatic heterocycles. The monoisotopic (exact) mass is 393 g/mol. The third-order valence-corrected chi connectivity index (χ3v) is 3.41. The fraction of sp³-hybridized carbons (Fsp3) is 0.211. The van der Waals surface area contributed by atoms with Gasteiger partial charge in [-0.15, -0.1) is 0 Å². The molecule has 0 atom stereocenters. The molecule has 148 valence electrons. The second-order valence-electron chi connectivity index (χ2n) is 5.15. The molecule has 0 aliphatic carbocycles. The van der Waals surface area contributed by atoms with Crippen LogP contribution in [0.2, 0.25) is 0 Å². The van der Waals surface area contributed by atoms with Gasteiger partial charge < -0.3 is 14.5 Å². The Balaban J connectivity index is 0.00000136. The number of nitrogens with zero attached hydrogens (tertiary/aromatic N) is 2. The number of carbonyl (C=O) groups is 1. The highest BCUT2D eigenvalue weighted by Gasteiger charge is 2.30. The molecule has 2 heterocycles. The summed E-state index contributed by atoms with van der Waals surface area (Å²) in [6, 6.07) is 7.74. The molecule has 1 N–H and O–H groups in total. The van der Waals surface area contributed by atoms with E-state index in [0.29, 0.717) is 17.0 Å². The first-order valence-electron chi connectivity index (χ1n) is 8.31. The van der Waals surface area contributed by atoms with Crippen molar-refractivity contribution in [1.82, 2.24) is 9.97 Å². The molecule has 0 bridgehead atoms. The van der Waals surface area contributed by atoms with E-state index in [1.54, 1.807) is 6.07 Å². The van der Waals surface area contributed by atoms with Crippen molar-refractivity contribution in [3.8, 4) is 11.3 Å². The van der Waals surface area contributed by atoms with Crippen LogP contribution in [-0.2, 0) is 10.9 Å². The van der Waals surface area contributed by atoms with Crippen LogP contribution in [0.15, 0.2) is 53.2 Å². The summed E-state index contributed by atoms with van der Waals surface area (Å²) in [4.78, 5) is 19.3. The molecular formula is C19H18F3N3O3. The molecule has 9 heteroatoms. The topological polar surface area (TPSA) is 77.2 Å². The first-order chi connectivity index (χ1) is 13.4. The van der Waals surface area contributed by atoms with Crippen molar-refractivity contribution in [2.75, 3.05) is 12.4 Å². The third-order valence-electron chi connectivity index (χ3n) is 3.41. The van der Waals surface area contributed by atoms with Gasteiger partial charge in [0.15, 0.2) is 5.76 Å². The normalized spacial score (nSPS) is 10.6. The highest BCUT2D eigenvalue weighted by Crippen LogP contribution is 2.31. The Kier molecular flexibility index (Phi) is 6.75. The lowest BCUT2D eigenvalue weighted by Crippen LogP contribution is -2.04. The molecule has 3 rings (SSSR count). The summed E-state index contributed by atoms with van der Waals surface area (Å²) in [5.74, 6) is -0.252. The molecule has 0 saturated carbocycles. The lowest BCUT2D eigenvalue weighted by Gasteiger charge is -2.06. The molecular weight excluding hydrogens is 375 g/mol. The second kappa shape index (κ2) is 9.03. The van der Waals surface area contributed by atoms with Gasteiger partial charge in [0.2, 0.25) is 0 Å². The molecule has 0 unspecified atom stereocenters. The molecule has 0 aliphatic heterocycles. The first-order valence-corrected chi connectivity index (χ1v) is 8.31. The molecule has 0 aliphatic rings. The smallest absolute Gasteiger partial charge is 0.416 e. The molecule has 0 spiro atoms. The van der Waals surface area contributed by atoms with Gasteiger partial charge in [-0.3, -0.25) is 0 Å². The van der Waals surface area contributed by atoms with Gasteiger partial charge in [0.05, 0.1) is 30.8 Å². The number of carbonyl (C=O) groups excluding carboxylic acids is 1. The number of methoxy groups -OCH3 is 1. The summed E-state index contributed by atoms with van der Waals surface area (Å²) >= 11 is 0. The number of benzene rings is 1. The Labute approximate surface area is 159 Å². The fourth-order valence-corrected chi connectivity index (χ4v) is 2.11. The number of aromatic nitrogens is 2. The van der Waals surface area contributed by atoms with Crippen LogP contribution >= 0.6 is 0 Å². The Morgan fingerprint density at radius 2 is 1.71 bits per heavy atom. The SMILES string of the molecule is CC.COC(=O)c1ccc(Nc2ncc(-c3ccc(C(F)(F)F)cc3)o2)cn1. The van der Waals surface area contributed by atoms with Gasteiger partial charge in [0.1, 0.15) is 5.69 Å². The zero-order valence-electron chi connectivity index (χ0n) is 15.4. The minimum atomic E-state index is -4.39. The van der Waals surface area contributed by atoms with Crippen molar-refractivity contribution in [2.24, 2.45) is 0 Å².